The zero-order valence-electron chi connectivity index (χ0n) is 10.0. The molecule has 0 spiro atoms. The second-order valence-corrected chi connectivity index (χ2v) is 4.13. The molecule has 0 aliphatic rings. The fourth-order valence-corrected chi connectivity index (χ4v) is 1.97. The minimum absolute atomic E-state index is 0.804. The molecule has 0 saturated heterocycles. The lowest BCUT2D eigenvalue weighted by Gasteiger charge is -2.29. The van der Waals surface area contributed by atoms with Gasteiger partial charge in [-0.05, 0) is 18.1 Å². The maximum atomic E-state index is 10.9. The predicted octanol–water partition coefficient (Wildman–Crippen LogP) is 3.64. The number of benzene rings is 2. The van der Waals surface area contributed by atoms with Crippen LogP contribution in [0.3, 0.4) is 0 Å². The third kappa shape index (κ3) is 2.35. The van der Waals surface area contributed by atoms with Crippen molar-refractivity contribution in [2.24, 2.45) is 0 Å². The van der Waals surface area contributed by atoms with Gasteiger partial charge < -0.3 is 9.84 Å². The topological polar surface area (TPSA) is 46.5 Å². The summed E-state index contributed by atoms with van der Waals surface area (Å²) in [5.74, 6) is 0. The largest absolute Gasteiger partial charge is 0.507 e. The summed E-state index contributed by atoms with van der Waals surface area (Å²) in [6.45, 7) is 1.76. The van der Waals surface area contributed by atoms with E-state index in [-0.39, 0.29) is 0 Å². The van der Waals surface area contributed by atoms with Gasteiger partial charge in [0, 0.05) is 0 Å². The normalized spacial score (nSPS) is 10.9. The Morgan fingerprint density at radius 2 is 1.33 bits per heavy atom. The van der Waals surface area contributed by atoms with Crippen molar-refractivity contribution in [1.29, 1.82) is 0 Å². The Balaban J connectivity index is 2.51. The van der Waals surface area contributed by atoms with E-state index in [1.165, 1.54) is 0 Å². The zero-order chi connectivity index (χ0) is 13.0. The van der Waals surface area contributed by atoms with E-state index in [0.29, 0.717) is 0 Å². The Morgan fingerprint density at radius 3 is 1.67 bits per heavy atom. The summed E-state index contributed by atoms with van der Waals surface area (Å²) in [6.07, 6.45) is -1.29. The first-order valence-corrected chi connectivity index (χ1v) is 5.66. The minimum atomic E-state index is -1.29. The van der Waals surface area contributed by atoms with Crippen molar-refractivity contribution in [2.45, 2.75) is 12.5 Å². The second kappa shape index (κ2) is 4.92. The lowest BCUT2D eigenvalue weighted by Crippen LogP contribution is -2.29. The lowest BCUT2D eigenvalue weighted by molar-refractivity contribution is 0.0140. The van der Waals surface area contributed by atoms with Gasteiger partial charge in [-0.3, -0.25) is 0 Å². The van der Waals surface area contributed by atoms with E-state index < -0.39 is 11.8 Å². The smallest absolute Gasteiger partial charge is 0.450 e. The third-order valence-electron chi connectivity index (χ3n) is 2.94. The van der Waals surface area contributed by atoms with Crippen molar-refractivity contribution >= 4 is 6.16 Å². The summed E-state index contributed by atoms with van der Waals surface area (Å²) in [5, 5.41) is 8.95. The van der Waals surface area contributed by atoms with Gasteiger partial charge in [-0.1, -0.05) is 60.7 Å². The summed E-state index contributed by atoms with van der Waals surface area (Å²) >= 11 is 0. The Hall–Kier alpha value is -2.29. The molecule has 3 nitrogen and oxygen atoms in total. The molecule has 0 fully saturated rings. The summed E-state index contributed by atoms with van der Waals surface area (Å²) < 4.78 is 5.13. The third-order valence-corrected chi connectivity index (χ3v) is 2.94. The van der Waals surface area contributed by atoms with E-state index in [1.807, 2.05) is 60.7 Å². The molecule has 92 valence electrons. The molecule has 18 heavy (non-hydrogen) atoms. The molecule has 2 aromatic rings. The van der Waals surface area contributed by atoms with Crippen LogP contribution < -0.4 is 0 Å². The van der Waals surface area contributed by atoms with Gasteiger partial charge in [0.15, 0.2) is 5.60 Å². The quantitative estimate of drug-likeness (QED) is 0.836. The van der Waals surface area contributed by atoms with Crippen LogP contribution in [-0.2, 0) is 10.3 Å². The van der Waals surface area contributed by atoms with Crippen LogP contribution >= 0.6 is 0 Å². The van der Waals surface area contributed by atoms with Crippen molar-refractivity contribution in [3.63, 3.8) is 0 Å². The highest BCUT2D eigenvalue weighted by molar-refractivity contribution is 5.59. The van der Waals surface area contributed by atoms with Gasteiger partial charge in [-0.15, -0.1) is 0 Å². The first kappa shape index (κ1) is 12.2. The number of ether oxygens (including phenoxy) is 1. The molecule has 2 rings (SSSR count). The van der Waals surface area contributed by atoms with Crippen molar-refractivity contribution < 1.29 is 14.6 Å². The molecule has 0 radical (unpaired) electrons. The predicted molar refractivity (Wildman–Crippen MR) is 68.4 cm³/mol. The molecule has 0 saturated carbocycles. The summed E-state index contributed by atoms with van der Waals surface area (Å²) in [4.78, 5) is 10.9. The number of hydrogen-bond acceptors (Lipinski definition) is 2. The van der Waals surface area contributed by atoms with Crippen molar-refractivity contribution in [3.05, 3.63) is 71.8 Å². The molecule has 3 heteroatoms. The van der Waals surface area contributed by atoms with Crippen molar-refractivity contribution in [1.82, 2.24) is 0 Å². The van der Waals surface area contributed by atoms with Crippen LogP contribution in [0.15, 0.2) is 60.7 Å². The van der Waals surface area contributed by atoms with Crippen molar-refractivity contribution in [3.8, 4) is 0 Å². The van der Waals surface area contributed by atoms with E-state index in [9.17, 15) is 4.79 Å². The number of rotatable bonds is 3. The Morgan fingerprint density at radius 1 is 0.944 bits per heavy atom. The zero-order valence-corrected chi connectivity index (χ0v) is 10.0. The summed E-state index contributed by atoms with van der Waals surface area (Å²) in [7, 11) is 0. The van der Waals surface area contributed by atoms with Crippen molar-refractivity contribution in [2.75, 3.05) is 0 Å². The van der Waals surface area contributed by atoms with E-state index >= 15 is 0 Å². The van der Waals surface area contributed by atoms with E-state index in [0.717, 1.165) is 11.1 Å². The second-order valence-electron chi connectivity index (χ2n) is 4.13. The average Bonchev–Trinajstić information content (AvgIpc) is 2.40. The molecule has 0 heterocycles. The summed E-state index contributed by atoms with van der Waals surface area (Å²) in [6, 6.07) is 18.6. The summed E-state index contributed by atoms with van der Waals surface area (Å²) in [5.41, 5.74) is 0.617. The Bertz CT molecular complexity index is 480. The Kier molecular flexibility index (Phi) is 3.33. The van der Waals surface area contributed by atoms with E-state index in [4.69, 9.17) is 9.84 Å². The molecule has 1 N–H and O–H groups in total. The number of carbonyl (C=O) groups is 1. The molecule has 0 bridgehead atoms. The maximum Gasteiger partial charge on any atom is 0.507 e. The fraction of sp³-hybridized carbons (Fsp3) is 0.133. The highest BCUT2D eigenvalue weighted by Crippen LogP contribution is 2.33. The van der Waals surface area contributed by atoms with E-state index in [1.54, 1.807) is 6.92 Å². The van der Waals surface area contributed by atoms with Gasteiger partial charge in [-0.25, -0.2) is 4.79 Å². The maximum absolute atomic E-state index is 10.9. The van der Waals surface area contributed by atoms with Gasteiger partial charge in [-0.2, -0.15) is 0 Å². The molecule has 0 amide bonds. The van der Waals surface area contributed by atoms with Crippen LogP contribution in [0.4, 0.5) is 4.79 Å². The van der Waals surface area contributed by atoms with Gasteiger partial charge in [0.2, 0.25) is 0 Å². The van der Waals surface area contributed by atoms with Crippen LogP contribution in [0.2, 0.25) is 0 Å². The molecule has 0 aromatic heterocycles. The SMILES string of the molecule is CC(OC(=O)O)(c1ccccc1)c1ccccc1. The first-order valence-electron chi connectivity index (χ1n) is 5.66. The standard InChI is InChI=1S/C15H14O3/c1-15(18-14(16)17,12-8-4-2-5-9-12)13-10-6-3-7-11-13/h2-11H,1H3,(H,16,17). The molecule has 0 aliphatic heterocycles. The number of hydrogen-bond donors (Lipinski definition) is 1. The van der Waals surface area contributed by atoms with Crippen LogP contribution in [0.25, 0.3) is 0 Å². The molecule has 0 atom stereocenters. The molecular formula is C15H14O3. The van der Waals surface area contributed by atoms with Crippen LogP contribution in [0, 0.1) is 0 Å². The van der Waals surface area contributed by atoms with Crippen LogP contribution in [0.1, 0.15) is 18.1 Å². The molecular weight excluding hydrogens is 228 g/mol. The number of carboxylic acid groups (broad SMARTS) is 1. The average molecular weight is 242 g/mol. The lowest BCUT2D eigenvalue weighted by atomic mass is 9.88. The van der Waals surface area contributed by atoms with Crippen LogP contribution in [-0.4, -0.2) is 11.3 Å². The molecule has 0 unspecified atom stereocenters. The molecule has 2 aromatic carbocycles. The monoisotopic (exact) mass is 242 g/mol. The van der Waals surface area contributed by atoms with Gasteiger partial charge in [0.05, 0.1) is 0 Å². The Labute approximate surface area is 106 Å². The fourth-order valence-electron chi connectivity index (χ4n) is 1.97. The van der Waals surface area contributed by atoms with Gasteiger partial charge in [0.1, 0.15) is 0 Å². The highest BCUT2D eigenvalue weighted by Gasteiger charge is 2.33. The van der Waals surface area contributed by atoms with E-state index in [2.05, 4.69) is 0 Å². The first-order chi connectivity index (χ1) is 8.63. The molecule has 0 aliphatic carbocycles. The van der Waals surface area contributed by atoms with Gasteiger partial charge in [0.25, 0.3) is 0 Å². The van der Waals surface area contributed by atoms with Crippen LogP contribution in [0.5, 0.6) is 0 Å². The highest BCUT2D eigenvalue weighted by atomic mass is 16.7. The van der Waals surface area contributed by atoms with Gasteiger partial charge >= 0.3 is 6.16 Å². The minimum Gasteiger partial charge on any atom is -0.450 e.